The van der Waals surface area contributed by atoms with E-state index in [-0.39, 0.29) is 18.0 Å². The van der Waals surface area contributed by atoms with Gasteiger partial charge in [0, 0.05) is 24.0 Å². The molecule has 0 N–H and O–H groups in total. The largest absolute Gasteiger partial charge is 0.489 e. The SMILES string of the molecule is CC[C@H]1CC[C@@H](Oc2ccc3ccc(CN4C5CCCC4CC(C(=O)OC)C5)cc3c2C#N)CC1. The smallest absolute Gasteiger partial charge is 0.308 e. The second kappa shape index (κ2) is 10.6. The van der Waals surface area contributed by atoms with E-state index in [0.717, 1.165) is 67.5 Å². The predicted molar refractivity (Wildman–Crippen MR) is 137 cm³/mol. The second-order valence-electron chi connectivity index (χ2n) is 10.9. The lowest BCUT2D eigenvalue weighted by atomic mass is 9.78. The lowest BCUT2D eigenvalue weighted by molar-refractivity contribution is -0.150. The molecule has 3 aliphatic rings. The molecule has 1 saturated carbocycles. The minimum Gasteiger partial charge on any atom is -0.489 e. The number of hydrogen-bond acceptors (Lipinski definition) is 5. The zero-order valence-electron chi connectivity index (χ0n) is 21.2. The van der Waals surface area contributed by atoms with Crippen molar-refractivity contribution in [2.45, 2.75) is 95.9 Å². The van der Waals surface area contributed by atoms with Crippen LogP contribution in [0.4, 0.5) is 0 Å². The Kier molecular flexibility index (Phi) is 7.29. The molecule has 2 aromatic rings. The minimum atomic E-state index is -0.0540. The van der Waals surface area contributed by atoms with Gasteiger partial charge in [0.05, 0.1) is 19.1 Å². The van der Waals surface area contributed by atoms with E-state index >= 15 is 0 Å². The Balaban J connectivity index is 1.35. The second-order valence-corrected chi connectivity index (χ2v) is 10.9. The number of ether oxygens (including phenoxy) is 2. The molecule has 2 heterocycles. The number of esters is 1. The van der Waals surface area contributed by atoms with Crippen molar-refractivity contribution >= 4 is 16.7 Å². The average molecular weight is 475 g/mol. The van der Waals surface area contributed by atoms with Gasteiger partial charge in [-0.25, -0.2) is 0 Å². The van der Waals surface area contributed by atoms with Crippen LogP contribution < -0.4 is 4.74 Å². The van der Waals surface area contributed by atoms with E-state index in [2.05, 4.69) is 42.2 Å². The highest BCUT2D eigenvalue weighted by Crippen LogP contribution is 2.39. The summed E-state index contributed by atoms with van der Waals surface area (Å²) in [6.45, 7) is 3.13. The molecule has 2 aromatic carbocycles. The molecule has 2 saturated heterocycles. The van der Waals surface area contributed by atoms with Crippen molar-refractivity contribution < 1.29 is 14.3 Å². The van der Waals surface area contributed by atoms with Crippen LogP contribution in [0.3, 0.4) is 0 Å². The van der Waals surface area contributed by atoms with E-state index in [4.69, 9.17) is 9.47 Å². The van der Waals surface area contributed by atoms with Gasteiger partial charge in [0.15, 0.2) is 0 Å². The van der Waals surface area contributed by atoms with E-state index in [1.165, 1.54) is 38.4 Å². The van der Waals surface area contributed by atoms with Crippen molar-refractivity contribution in [2.75, 3.05) is 7.11 Å². The lowest BCUT2D eigenvalue weighted by Gasteiger charge is -2.48. The summed E-state index contributed by atoms with van der Waals surface area (Å²) in [6.07, 6.45) is 11.3. The molecule has 0 spiro atoms. The fourth-order valence-corrected chi connectivity index (χ4v) is 6.80. The Hall–Kier alpha value is -2.58. The summed E-state index contributed by atoms with van der Waals surface area (Å²) in [5.74, 6) is 1.52. The number of nitriles is 1. The number of piperidine rings is 2. The van der Waals surface area contributed by atoms with Crippen molar-refractivity contribution in [3.05, 3.63) is 41.5 Å². The molecule has 2 atom stereocenters. The predicted octanol–water partition coefficient (Wildman–Crippen LogP) is 6.37. The molecule has 2 unspecified atom stereocenters. The van der Waals surface area contributed by atoms with Crippen LogP contribution in [0.1, 0.15) is 82.3 Å². The Bertz CT molecular complexity index is 1080. The Labute approximate surface area is 209 Å². The van der Waals surface area contributed by atoms with E-state index in [0.29, 0.717) is 17.6 Å². The molecule has 3 fully saturated rings. The van der Waals surface area contributed by atoms with E-state index in [1.807, 2.05) is 6.07 Å². The quantitative estimate of drug-likeness (QED) is 0.456. The zero-order valence-corrected chi connectivity index (χ0v) is 21.2. The van der Waals surface area contributed by atoms with Crippen molar-refractivity contribution in [1.82, 2.24) is 4.90 Å². The Morgan fingerprint density at radius 1 is 1.06 bits per heavy atom. The standard InChI is InChI=1S/C30H38N2O3/c1-3-20-8-12-26(13-9-20)35-29-14-11-22-10-7-21(15-27(22)28(29)18-31)19-32-24-5-4-6-25(32)17-23(16-24)30(33)34-2/h7,10-11,14-15,20,23-26H,3-6,8-9,12-13,16-17,19H2,1-2H3/t20-,23?,24?,25?,26+. The molecule has 0 radical (unpaired) electrons. The van der Waals surface area contributed by atoms with Gasteiger partial charge in [-0.15, -0.1) is 0 Å². The number of rotatable bonds is 6. The molecule has 5 rings (SSSR count). The first-order valence-electron chi connectivity index (χ1n) is 13.6. The number of hydrogen-bond donors (Lipinski definition) is 0. The van der Waals surface area contributed by atoms with Gasteiger partial charge in [-0.1, -0.05) is 38.0 Å². The molecular formula is C30H38N2O3. The summed E-state index contributed by atoms with van der Waals surface area (Å²) in [5.41, 5.74) is 1.88. The van der Waals surface area contributed by atoms with Crippen LogP contribution in [-0.2, 0) is 16.1 Å². The third-order valence-corrected chi connectivity index (χ3v) is 8.85. The fraction of sp³-hybridized carbons (Fsp3) is 0.600. The van der Waals surface area contributed by atoms with Crippen LogP contribution in [-0.4, -0.2) is 36.2 Å². The normalized spacial score (nSPS) is 28.9. The molecule has 186 valence electrons. The third kappa shape index (κ3) is 5.05. The molecule has 0 aromatic heterocycles. The van der Waals surface area contributed by atoms with Crippen LogP contribution in [0.5, 0.6) is 5.75 Å². The lowest BCUT2D eigenvalue weighted by Crippen LogP contribution is -2.52. The summed E-state index contributed by atoms with van der Waals surface area (Å²) in [7, 11) is 1.50. The number of methoxy groups -OCH3 is 1. The number of fused-ring (bicyclic) bond motifs is 3. The Morgan fingerprint density at radius 2 is 1.77 bits per heavy atom. The van der Waals surface area contributed by atoms with Crippen molar-refractivity contribution in [2.24, 2.45) is 11.8 Å². The van der Waals surface area contributed by atoms with Gasteiger partial charge >= 0.3 is 5.97 Å². The van der Waals surface area contributed by atoms with E-state index in [1.54, 1.807) is 0 Å². The maximum atomic E-state index is 12.2. The fourth-order valence-electron chi connectivity index (χ4n) is 6.80. The van der Waals surface area contributed by atoms with Gasteiger partial charge in [-0.2, -0.15) is 5.26 Å². The number of nitrogens with zero attached hydrogens (tertiary/aromatic N) is 2. The first kappa shape index (κ1) is 24.1. The summed E-state index contributed by atoms with van der Waals surface area (Å²) in [6, 6.07) is 13.9. The highest BCUT2D eigenvalue weighted by Gasteiger charge is 2.41. The van der Waals surface area contributed by atoms with Crippen LogP contribution in [0.25, 0.3) is 10.8 Å². The first-order valence-corrected chi connectivity index (χ1v) is 13.6. The monoisotopic (exact) mass is 474 g/mol. The van der Waals surface area contributed by atoms with Crippen LogP contribution >= 0.6 is 0 Å². The topological polar surface area (TPSA) is 62.6 Å². The van der Waals surface area contributed by atoms with Gasteiger partial charge in [-0.3, -0.25) is 9.69 Å². The zero-order chi connectivity index (χ0) is 24.4. The van der Waals surface area contributed by atoms with Gasteiger partial charge in [0.1, 0.15) is 17.4 Å². The van der Waals surface area contributed by atoms with Crippen LogP contribution in [0.2, 0.25) is 0 Å². The molecule has 1 aliphatic carbocycles. The summed E-state index contributed by atoms with van der Waals surface area (Å²) in [5, 5.41) is 12.2. The van der Waals surface area contributed by atoms with Crippen molar-refractivity contribution in [3.63, 3.8) is 0 Å². The number of benzene rings is 2. The maximum Gasteiger partial charge on any atom is 0.308 e. The molecule has 35 heavy (non-hydrogen) atoms. The average Bonchev–Trinajstić information content (AvgIpc) is 2.88. The van der Waals surface area contributed by atoms with Gasteiger partial charge in [0.25, 0.3) is 0 Å². The highest BCUT2D eigenvalue weighted by molar-refractivity contribution is 5.90. The van der Waals surface area contributed by atoms with Crippen molar-refractivity contribution in [1.29, 1.82) is 5.26 Å². The first-order chi connectivity index (χ1) is 17.1. The molecule has 2 aliphatic heterocycles. The van der Waals surface area contributed by atoms with Gasteiger partial charge in [0.2, 0.25) is 0 Å². The van der Waals surface area contributed by atoms with E-state index in [9.17, 15) is 10.1 Å². The van der Waals surface area contributed by atoms with Gasteiger partial charge < -0.3 is 9.47 Å². The maximum absolute atomic E-state index is 12.2. The van der Waals surface area contributed by atoms with Crippen molar-refractivity contribution in [3.8, 4) is 11.8 Å². The van der Waals surface area contributed by atoms with Gasteiger partial charge in [-0.05, 0) is 80.4 Å². The minimum absolute atomic E-state index is 0.0282. The number of carbonyl (C=O) groups is 1. The van der Waals surface area contributed by atoms with E-state index < -0.39 is 0 Å². The molecule has 2 bridgehead atoms. The molecule has 5 heteroatoms. The van der Waals surface area contributed by atoms with Crippen LogP contribution in [0, 0.1) is 23.2 Å². The molecule has 5 nitrogen and oxygen atoms in total. The summed E-state index contributed by atoms with van der Waals surface area (Å²) < 4.78 is 11.5. The van der Waals surface area contributed by atoms with Crippen LogP contribution in [0.15, 0.2) is 30.3 Å². The Morgan fingerprint density at radius 3 is 2.43 bits per heavy atom. The molecular weight excluding hydrogens is 436 g/mol. The summed E-state index contributed by atoms with van der Waals surface area (Å²) >= 11 is 0. The third-order valence-electron chi connectivity index (χ3n) is 8.85. The molecule has 0 amide bonds. The summed E-state index contributed by atoms with van der Waals surface area (Å²) in [4.78, 5) is 14.8. The number of carbonyl (C=O) groups excluding carboxylic acids is 1. The highest BCUT2D eigenvalue weighted by atomic mass is 16.5.